The summed E-state index contributed by atoms with van der Waals surface area (Å²) in [7, 11) is 0. The van der Waals surface area contributed by atoms with Crippen LogP contribution in [0.5, 0.6) is 0 Å². The largest absolute Gasteiger partial charge is 0.423 e. The Kier molecular flexibility index (Phi) is 3.08. The minimum absolute atomic E-state index is 0.345. The van der Waals surface area contributed by atoms with Crippen molar-refractivity contribution in [2.75, 3.05) is 0 Å². The van der Waals surface area contributed by atoms with E-state index in [1.165, 1.54) is 18.2 Å². The van der Waals surface area contributed by atoms with Crippen LogP contribution in [-0.4, -0.2) is 0 Å². The summed E-state index contributed by atoms with van der Waals surface area (Å²) in [6.45, 7) is 0.365. The van der Waals surface area contributed by atoms with Gasteiger partial charge in [0.05, 0.1) is 0 Å². The molecule has 0 aliphatic rings. The Labute approximate surface area is 114 Å². The standard InChI is InChI=1S/C16H12FNO2/c17-12-3-1-2-11(7-12)14-8-16(19)20-15-6-10(9-18)4-5-13(14)15/h1-8H,9,18H2. The fourth-order valence-electron chi connectivity index (χ4n) is 2.23. The van der Waals surface area contributed by atoms with Gasteiger partial charge < -0.3 is 10.2 Å². The molecule has 2 aromatic carbocycles. The van der Waals surface area contributed by atoms with E-state index in [1.807, 2.05) is 12.1 Å². The highest BCUT2D eigenvalue weighted by Gasteiger charge is 2.09. The summed E-state index contributed by atoms with van der Waals surface area (Å²) in [5, 5.41) is 0.757. The zero-order valence-electron chi connectivity index (χ0n) is 10.6. The second-order valence-electron chi connectivity index (χ2n) is 4.52. The van der Waals surface area contributed by atoms with E-state index in [0.29, 0.717) is 23.3 Å². The molecule has 4 heteroatoms. The lowest BCUT2D eigenvalue weighted by atomic mass is 10.0. The highest BCUT2D eigenvalue weighted by atomic mass is 19.1. The molecule has 0 aliphatic carbocycles. The Balaban J connectivity index is 2.32. The van der Waals surface area contributed by atoms with Crippen LogP contribution < -0.4 is 11.4 Å². The van der Waals surface area contributed by atoms with Gasteiger partial charge in [-0.3, -0.25) is 0 Å². The van der Waals surface area contributed by atoms with Crippen LogP contribution in [0.15, 0.2) is 57.7 Å². The summed E-state index contributed by atoms with van der Waals surface area (Å²) >= 11 is 0. The van der Waals surface area contributed by atoms with Crippen molar-refractivity contribution in [2.45, 2.75) is 6.54 Å². The normalized spacial score (nSPS) is 10.9. The first-order valence-corrected chi connectivity index (χ1v) is 6.20. The molecule has 0 saturated carbocycles. The minimum atomic E-state index is -0.467. The lowest BCUT2D eigenvalue weighted by molar-refractivity contribution is 0.561. The second kappa shape index (κ2) is 4.90. The van der Waals surface area contributed by atoms with Gasteiger partial charge in [0.2, 0.25) is 0 Å². The number of nitrogens with two attached hydrogens (primary N) is 1. The van der Waals surface area contributed by atoms with E-state index < -0.39 is 5.63 Å². The molecule has 3 rings (SSSR count). The topological polar surface area (TPSA) is 56.2 Å². The first-order chi connectivity index (χ1) is 9.67. The Hall–Kier alpha value is -2.46. The Morgan fingerprint density at radius 2 is 1.95 bits per heavy atom. The molecule has 0 saturated heterocycles. The lowest BCUT2D eigenvalue weighted by Gasteiger charge is -2.07. The molecule has 1 heterocycles. The summed E-state index contributed by atoms with van der Waals surface area (Å²) in [5.41, 5.74) is 7.74. The third kappa shape index (κ3) is 2.21. The van der Waals surface area contributed by atoms with Gasteiger partial charge in [0.1, 0.15) is 11.4 Å². The summed E-state index contributed by atoms with van der Waals surface area (Å²) in [5.74, 6) is -0.345. The van der Waals surface area contributed by atoms with Gasteiger partial charge >= 0.3 is 5.63 Å². The van der Waals surface area contributed by atoms with E-state index in [9.17, 15) is 9.18 Å². The van der Waals surface area contributed by atoms with Crippen LogP contribution in [0, 0.1) is 5.82 Å². The first kappa shape index (κ1) is 12.6. The summed E-state index contributed by atoms with van der Waals surface area (Å²) in [4.78, 5) is 11.7. The molecule has 0 fully saturated rings. The van der Waals surface area contributed by atoms with Crippen LogP contribution in [0.25, 0.3) is 22.1 Å². The van der Waals surface area contributed by atoms with E-state index in [-0.39, 0.29) is 5.82 Å². The number of hydrogen-bond acceptors (Lipinski definition) is 3. The average Bonchev–Trinajstić information content (AvgIpc) is 2.45. The van der Waals surface area contributed by atoms with E-state index in [0.717, 1.165) is 10.9 Å². The number of hydrogen-bond donors (Lipinski definition) is 1. The predicted molar refractivity (Wildman–Crippen MR) is 75.8 cm³/mol. The van der Waals surface area contributed by atoms with Crippen LogP contribution in [0.2, 0.25) is 0 Å². The molecule has 0 aliphatic heterocycles. The number of fused-ring (bicyclic) bond motifs is 1. The fraction of sp³-hybridized carbons (Fsp3) is 0.0625. The SMILES string of the molecule is NCc1ccc2c(-c3cccc(F)c3)cc(=O)oc2c1. The predicted octanol–water partition coefficient (Wildman–Crippen LogP) is 3.06. The zero-order chi connectivity index (χ0) is 14.1. The van der Waals surface area contributed by atoms with Crippen LogP contribution in [0.3, 0.4) is 0 Å². The van der Waals surface area contributed by atoms with Crippen molar-refractivity contribution in [2.24, 2.45) is 5.73 Å². The van der Waals surface area contributed by atoms with Gasteiger partial charge in [0.15, 0.2) is 0 Å². The van der Waals surface area contributed by atoms with Crippen molar-refractivity contribution in [3.63, 3.8) is 0 Å². The molecule has 3 aromatic rings. The first-order valence-electron chi connectivity index (χ1n) is 6.20. The fourth-order valence-corrected chi connectivity index (χ4v) is 2.23. The molecular weight excluding hydrogens is 257 g/mol. The molecule has 0 radical (unpaired) electrons. The van der Waals surface area contributed by atoms with Gasteiger partial charge in [-0.05, 0) is 34.9 Å². The second-order valence-corrected chi connectivity index (χ2v) is 4.52. The zero-order valence-corrected chi connectivity index (χ0v) is 10.6. The summed E-state index contributed by atoms with van der Waals surface area (Å²) in [6.07, 6.45) is 0. The molecule has 0 unspecified atom stereocenters. The van der Waals surface area contributed by atoms with Gasteiger partial charge in [0, 0.05) is 18.0 Å². The van der Waals surface area contributed by atoms with E-state index in [4.69, 9.17) is 10.2 Å². The molecule has 0 bridgehead atoms. The molecule has 1 aromatic heterocycles. The van der Waals surface area contributed by atoms with Crippen LogP contribution in [0.4, 0.5) is 4.39 Å². The molecule has 2 N–H and O–H groups in total. The minimum Gasteiger partial charge on any atom is -0.423 e. The highest BCUT2D eigenvalue weighted by Crippen LogP contribution is 2.28. The Bertz CT molecular complexity index is 839. The number of benzene rings is 2. The molecule has 0 atom stereocenters. The lowest BCUT2D eigenvalue weighted by Crippen LogP contribution is -2.00. The van der Waals surface area contributed by atoms with Crippen molar-refractivity contribution < 1.29 is 8.81 Å². The van der Waals surface area contributed by atoms with E-state index >= 15 is 0 Å². The molecule has 0 amide bonds. The molecule has 0 spiro atoms. The molecule has 3 nitrogen and oxygen atoms in total. The third-order valence-corrected chi connectivity index (χ3v) is 3.18. The van der Waals surface area contributed by atoms with Crippen LogP contribution in [0.1, 0.15) is 5.56 Å². The maximum absolute atomic E-state index is 13.4. The molecular formula is C16H12FNO2. The van der Waals surface area contributed by atoms with Gasteiger partial charge in [-0.2, -0.15) is 0 Å². The number of rotatable bonds is 2. The van der Waals surface area contributed by atoms with Crippen molar-refractivity contribution in [3.05, 3.63) is 70.3 Å². The quantitative estimate of drug-likeness (QED) is 0.727. The van der Waals surface area contributed by atoms with Crippen LogP contribution >= 0.6 is 0 Å². The third-order valence-electron chi connectivity index (χ3n) is 3.18. The molecule has 100 valence electrons. The van der Waals surface area contributed by atoms with Crippen LogP contribution in [-0.2, 0) is 6.54 Å². The van der Waals surface area contributed by atoms with Crippen molar-refractivity contribution >= 4 is 11.0 Å². The summed E-state index contributed by atoms with van der Waals surface area (Å²) < 4.78 is 18.5. The smallest absolute Gasteiger partial charge is 0.336 e. The average molecular weight is 269 g/mol. The van der Waals surface area contributed by atoms with E-state index in [2.05, 4.69) is 0 Å². The molecule has 20 heavy (non-hydrogen) atoms. The van der Waals surface area contributed by atoms with E-state index in [1.54, 1.807) is 18.2 Å². The van der Waals surface area contributed by atoms with Gasteiger partial charge in [-0.25, -0.2) is 9.18 Å². The van der Waals surface area contributed by atoms with Gasteiger partial charge in [-0.15, -0.1) is 0 Å². The van der Waals surface area contributed by atoms with Crippen molar-refractivity contribution in [1.82, 2.24) is 0 Å². The monoisotopic (exact) mass is 269 g/mol. The van der Waals surface area contributed by atoms with Gasteiger partial charge in [-0.1, -0.05) is 24.3 Å². The maximum atomic E-state index is 13.4. The Morgan fingerprint density at radius 1 is 1.10 bits per heavy atom. The van der Waals surface area contributed by atoms with Gasteiger partial charge in [0.25, 0.3) is 0 Å². The van der Waals surface area contributed by atoms with Crippen molar-refractivity contribution in [1.29, 1.82) is 0 Å². The Morgan fingerprint density at radius 3 is 2.70 bits per heavy atom. The maximum Gasteiger partial charge on any atom is 0.336 e. The highest BCUT2D eigenvalue weighted by molar-refractivity contribution is 5.93. The summed E-state index contributed by atoms with van der Waals surface area (Å²) in [6, 6.07) is 12.9. The number of halogens is 1. The van der Waals surface area contributed by atoms with Crippen molar-refractivity contribution in [3.8, 4) is 11.1 Å².